The van der Waals surface area contributed by atoms with Crippen molar-refractivity contribution in [3.05, 3.63) is 63.0 Å². The maximum atomic E-state index is 12.1. The van der Waals surface area contributed by atoms with Gasteiger partial charge in [-0.25, -0.2) is 4.98 Å². The average Bonchev–Trinajstić information content (AvgIpc) is 3.38. The maximum Gasteiger partial charge on any atom is 0.324 e. The van der Waals surface area contributed by atoms with Crippen LogP contribution in [0, 0.1) is 0 Å². The second kappa shape index (κ2) is 7.58. The van der Waals surface area contributed by atoms with Crippen molar-refractivity contribution < 1.29 is 4.52 Å². The Morgan fingerprint density at radius 3 is 2.83 bits per heavy atom. The Kier molecular flexibility index (Phi) is 4.78. The molecule has 8 nitrogen and oxygen atoms in total. The number of halogens is 1. The van der Waals surface area contributed by atoms with Crippen molar-refractivity contribution in [2.24, 2.45) is 0 Å². The van der Waals surface area contributed by atoms with Gasteiger partial charge in [-0.05, 0) is 12.1 Å². The molecule has 1 aliphatic rings. The molecule has 29 heavy (non-hydrogen) atoms. The molecule has 1 aromatic carbocycles. The summed E-state index contributed by atoms with van der Waals surface area (Å²) < 4.78 is 7.02. The van der Waals surface area contributed by atoms with Crippen LogP contribution in [-0.4, -0.2) is 50.6 Å². The van der Waals surface area contributed by atoms with Crippen LogP contribution in [0.3, 0.4) is 0 Å². The summed E-state index contributed by atoms with van der Waals surface area (Å²) in [5.41, 5.74) is 1.59. The van der Waals surface area contributed by atoms with Crippen molar-refractivity contribution in [3.63, 3.8) is 0 Å². The van der Waals surface area contributed by atoms with Gasteiger partial charge in [0.15, 0.2) is 4.96 Å². The van der Waals surface area contributed by atoms with Gasteiger partial charge in [-0.3, -0.25) is 14.1 Å². The fourth-order valence-corrected chi connectivity index (χ4v) is 4.31. The molecular weight excluding hydrogens is 412 g/mol. The van der Waals surface area contributed by atoms with Crippen LogP contribution in [0.15, 0.2) is 51.2 Å². The molecule has 1 fully saturated rings. The second-order valence-electron chi connectivity index (χ2n) is 6.82. The molecule has 0 atom stereocenters. The van der Waals surface area contributed by atoms with Gasteiger partial charge >= 0.3 is 6.01 Å². The Labute approximate surface area is 175 Å². The van der Waals surface area contributed by atoms with E-state index in [0.29, 0.717) is 23.4 Å². The highest BCUT2D eigenvalue weighted by Gasteiger charge is 2.22. The van der Waals surface area contributed by atoms with E-state index in [2.05, 4.69) is 24.9 Å². The Morgan fingerprint density at radius 1 is 1.14 bits per heavy atom. The third-order valence-electron chi connectivity index (χ3n) is 4.88. The van der Waals surface area contributed by atoms with Gasteiger partial charge in [0.2, 0.25) is 5.82 Å². The van der Waals surface area contributed by atoms with Crippen molar-refractivity contribution in [2.45, 2.75) is 6.54 Å². The number of piperazine rings is 1. The molecule has 0 bridgehead atoms. The highest BCUT2D eigenvalue weighted by molar-refractivity contribution is 7.15. The number of fused-ring (bicyclic) bond motifs is 1. The van der Waals surface area contributed by atoms with E-state index in [0.717, 1.165) is 42.4 Å². The normalized spacial score (nSPS) is 15.3. The number of hydrogen-bond donors (Lipinski definition) is 0. The highest BCUT2D eigenvalue weighted by Crippen LogP contribution is 2.23. The molecule has 0 radical (unpaired) electrons. The molecular formula is C19H17ClN6O2S. The SMILES string of the molecule is O=c1cc(CN2CCN(c3nc(-c4cccc(Cl)c4)no3)CC2)nc2sccn12. The van der Waals surface area contributed by atoms with Crippen molar-refractivity contribution in [2.75, 3.05) is 31.1 Å². The monoisotopic (exact) mass is 428 g/mol. The Morgan fingerprint density at radius 2 is 2.00 bits per heavy atom. The summed E-state index contributed by atoms with van der Waals surface area (Å²) in [6, 6.07) is 9.51. The van der Waals surface area contributed by atoms with Gasteiger partial charge in [0.1, 0.15) is 0 Å². The van der Waals surface area contributed by atoms with E-state index in [1.165, 1.54) is 11.3 Å². The fraction of sp³-hybridized carbons (Fsp3) is 0.263. The predicted molar refractivity (Wildman–Crippen MR) is 112 cm³/mol. The summed E-state index contributed by atoms with van der Waals surface area (Å²) in [4.78, 5) is 26.3. The van der Waals surface area contributed by atoms with Gasteiger partial charge in [0.25, 0.3) is 5.56 Å². The zero-order valence-electron chi connectivity index (χ0n) is 15.4. The van der Waals surface area contributed by atoms with E-state index in [-0.39, 0.29) is 5.56 Å². The first-order valence-electron chi connectivity index (χ1n) is 9.18. The molecule has 0 unspecified atom stereocenters. The first-order chi connectivity index (χ1) is 14.2. The molecule has 5 rings (SSSR count). The average molecular weight is 429 g/mol. The number of rotatable bonds is 4. The van der Waals surface area contributed by atoms with Gasteiger partial charge in [0, 0.05) is 61.0 Å². The minimum atomic E-state index is -0.0377. The van der Waals surface area contributed by atoms with Gasteiger partial charge < -0.3 is 9.42 Å². The van der Waals surface area contributed by atoms with E-state index < -0.39 is 0 Å². The predicted octanol–water partition coefficient (Wildman–Crippen LogP) is 2.78. The van der Waals surface area contributed by atoms with Crippen molar-refractivity contribution in [3.8, 4) is 11.4 Å². The van der Waals surface area contributed by atoms with Crippen molar-refractivity contribution in [1.82, 2.24) is 24.4 Å². The van der Waals surface area contributed by atoms with Crippen LogP contribution in [0.4, 0.5) is 6.01 Å². The Hall–Kier alpha value is -2.75. The quantitative estimate of drug-likeness (QED) is 0.494. The molecule has 0 amide bonds. The van der Waals surface area contributed by atoms with E-state index in [1.54, 1.807) is 16.7 Å². The largest absolute Gasteiger partial charge is 0.324 e. The smallest absolute Gasteiger partial charge is 0.322 e. The van der Waals surface area contributed by atoms with Gasteiger partial charge in [0.05, 0.1) is 5.69 Å². The van der Waals surface area contributed by atoms with Crippen LogP contribution in [0.5, 0.6) is 0 Å². The maximum absolute atomic E-state index is 12.1. The van der Waals surface area contributed by atoms with E-state index in [9.17, 15) is 4.79 Å². The molecule has 10 heteroatoms. The van der Waals surface area contributed by atoms with E-state index in [1.807, 2.05) is 29.6 Å². The molecule has 0 N–H and O–H groups in total. The van der Waals surface area contributed by atoms with Crippen LogP contribution in [0.2, 0.25) is 5.02 Å². The number of aromatic nitrogens is 4. The van der Waals surface area contributed by atoms with Gasteiger partial charge in [-0.15, -0.1) is 11.3 Å². The van der Waals surface area contributed by atoms with Gasteiger partial charge in [-0.1, -0.05) is 28.9 Å². The molecule has 1 saturated heterocycles. The molecule has 0 saturated carbocycles. The Bertz CT molecular complexity index is 1210. The summed E-state index contributed by atoms with van der Waals surface area (Å²) in [6.45, 7) is 3.81. The lowest BCUT2D eigenvalue weighted by atomic mass is 10.2. The molecule has 0 spiro atoms. The lowest BCUT2D eigenvalue weighted by molar-refractivity contribution is 0.240. The van der Waals surface area contributed by atoms with Crippen LogP contribution in [0.25, 0.3) is 16.3 Å². The number of hydrogen-bond acceptors (Lipinski definition) is 8. The number of benzene rings is 1. The summed E-state index contributed by atoms with van der Waals surface area (Å²) in [5.74, 6) is 0.527. The molecule has 4 aromatic rings. The Balaban J connectivity index is 1.24. The third kappa shape index (κ3) is 3.76. The van der Waals surface area contributed by atoms with Crippen molar-refractivity contribution in [1.29, 1.82) is 0 Å². The highest BCUT2D eigenvalue weighted by atomic mass is 35.5. The first kappa shape index (κ1) is 18.3. The molecule has 0 aliphatic carbocycles. The fourth-order valence-electron chi connectivity index (χ4n) is 3.38. The standard InChI is InChI=1S/C19H17ClN6O2S/c20-14-3-1-2-13(10-14)17-22-18(28-23-17)25-6-4-24(5-7-25)12-15-11-16(27)26-8-9-29-19(26)21-15/h1-3,8-11H,4-7,12H2. The van der Waals surface area contributed by atoms with Crippen LogP contribution < -0.4 is 10.5 Å². The van der Waals surface area contributed by atoms with E-state index >= 15 is 0 Å². The lowest BCUT2D eigenvalue weighted by Crippen LogP contribution is -2.46. The van der Waals surface area contributed by atoms with Crippen LogP contribution in [-0.2, 0) is 6.54 Å². The molecule has 4 heterocycles. The lowest BCUT2D eigenvalue weighted by Gasteiger charge is -2.33. The van der Waals surface area contributed by atoms with Crippen LogP contribution in [0.1, 0.15) is 5.69 Å². The van der Waals surface area contributed by atoms with Crippen LogP contribution >= 0.6 is 22.9 Å². The molecule has 1 aliphatic heterocycles. The summed E-state index contributed by atoms with van der Waals surface area (Å²) in [7, 11) is 0. The topological polar surface area (TPSA) is 79.8 Å². The second-order valence-corrected chi connectivity index (χ2v) is 8.12. The zero-order chi connectivity index (χ0) is 19.8. The third-order valence-corrected chi connectivity index (χ3v) is 5.87. The summed E-state index contributed by atoms with van der Waals surface area (Å²) >= 11 is 7.51. The minimum absolute atomic E-state index is 0.0377. The summed E-state index contributed by atoms with van der Waals surface area (Å²) in [6.07, 6.45) is 1.75. The first-order valence-corrected chi connectivity index (χ1v) is 10.4. The minimum Gasteiger partial charge on any atom is -0.322 e. The number of thiazole rings is 1. The molecule has 148 valence electrons. The van der Waals surface area contributed by atoms with Crippen molar-refractivity contribution >= 4 is 33.9 Å². The summed E-state index contributed by atoms with van der Waals surface area (Å²) in [5, 5.41) is 6.58. The number of anilines is 1. The van der Waals surface area contributed by atoms with Gasteiger partial charge in [-0.2, -0.15) is 4.98 Å². The zero-order valence-corrected chi connectivity index (χ0v) is 16.9. The molecule has 3 aromatic heterocycles. The van der Waals surface area contributed by atoms with E-state index in [4.69, 9.17) is 16.1 Å². The number of nitrogens with zero attached hydrogens (tertiary/aromatic N) is 6.